The van der Waals surface area contributed by atoms with Crippen molar-refractivity contribution in [3.63, 3.8) is 0 Å². The normalized spacial score (nSPS) is 14.2. The first-order chi connectivity index (χ1) is 49.8. The number of esters is 4. The van der Waals surface area contributed by atoms with E-state index in [1.54, 1.807) is 0 Å². The minimum Gasteiger partial charge on any atom is -0.462 e. The van der Waals surface area contributed by atoms with Gasteiger partial charge < -0.3 is 33.8 Å². The summed E-state index contributed by atoms with van der Waals surface area (Å²) in [5, 5.41) is 10.7. The predicted molar refractivity (Wildman–Crippen MR) is 423 cm³/mol. The van der Waals surface area contributed by atoms with Crippen molar-refractivity contribution >= 4 is 39.5 Å². The molecule has 612 valence electrons. The number of aliphatic hydroxyl groups excluding tert-OH is 1. The van der Waals surface area contributed by atoms with E-state index in [-0.39, 0.29) is 25.7 Å². The molecular weight excluding hydrogens is 1340 g/mol. The minimum absolute atomic E-state index is 0.106. The monoisotopic (exact) mass is 1510 g/mol. The summed E-state index contributed by atoms with van der Waals surface area (Å²) in [6.07, 6.45) is 63.9. The highest BCUT2D eigenvalue weighted by Crippen LogP contribution is 2.45. The van der Waals surface area contributed by atoms with E-state index in [0.717, 1.165) is 114 Å². The lowest BCUT2D eigenvalue weighted by atomic mass is 10.00. The molecule has 0 spiro atoms. The molecule has 0 aliphatic rings. The first kappa shape index (κ1) is 101. The van der Waals surface area contributed by atoms with Gasteiger partial charge in [-0.2, -0.15) is 0 Å². The molecule has 0 heterocycles. The van der Waals surface area contributed by atoms with Crippen molar-refractivity contribution < 1.29 is 80.2 Å². The molecule has 0 aromatic carbocycles. The summed E-state index contributed by atoms with van der Waals surface area (Å²) >= 11 is 0. The molecule has 103 heavy (non-hydrogen) atoms. The van der Waals surface area contributed by atoms with Crippen LogP contribution in [0.15, 0.2) is 0 Å². The van der Waals surface area contributed by atoms with Gasteiger partial charge in [0.05, 0.1) is 26.4 Å². The number of aliphatic hydroxyl groups is 1. The van der Waals surface area contributed by atoms with E-state index in [1.807, 2.05) is 0 Å². The number of rotatable bonds is 82. The van der Waals surface area contributed by atoms with Crippen molar-refractivity contribution in [2.45, 2.75) is 458 Å². The summed E-state index contributed by atoms with van der Waals surface area (Å²) in [4.78, 5) is 73.1. The number of carbonyl (C=O) groups is 4. The van der Waals surface area contributed by atoms with E-state index in [1.165, 1.54) is 244 Å². The van der Waals surface area contributed by atoms with Crippen LogP contribution in [0.1, 0.15) is 440 Å². The quantitative estimate of drug-likeness (QED) is 0.0222. The van der Waals surface area contributed by atoms with Gasteiger partial charge in [-0.05, 0) is 43.4 Å². The van der Waals surface area contributed by atoms with E-state index in [2.05, 4.69) is 48.5 Å². The number of hydrogen-bond donors (Lipinski definition) is 3. The van der Waals surface area contributed by atoms with E-state index in [9.17, 15) is 43.2 Å². The number of phosphoric acid groups is 2. The third kappa shape index (κ3) is 76.6. The molecule has 0 saturated heterocycles. The topological polar surface area (TPSA) is 237 Å². The number of hydrogen-bond acceptors (Lipinski definition) is 15. The molecule has 17 nitrogen and oxygen atoms in total. The molecule has 0 aromatic rings. The fraction of sp³-hybridized carbons (Fsp3) is 0.952. The molecule has 3 N–H and O–H groups in total. The van der Waals surface area contributed by atoms with Gasteiger partial charge in [0, 0.05) is 25.7 Å². The first-order valence-corrected chi connectivity index (χ1v) is 46.4. The van der Waals surface area contributed by atoms with Crippen molar-refractivity contribution in [1.82, 2.24) is 0 Å². The fourth-order valence-corrected chi connectivity index (χ4v) is 14.6. The average Bonchev–Trinajstić information content (AvgIpc) is 0.915. The summed E-state index contributed by atoms with van der Waals surface area (Å²) < 4.78 is 68.8. The van der Waals surface area contributed by atoms with Crippen molar-refractivity contribution in [3.8, 4) is 0 Å². The summed E-state index contributed by atoms with van der Waals surface area (Å²) in [5.41, 5.74) is 0. The zero-order chi connectivity index (χ0) is 75.8. The van der Waals surface area contributed by atoms with Crippen LogP contribution >= 0.6 is 15.6 Å². The number of phosphoric ester groups is 2. The Morgan fingerprint density at radius 2 is 0.495 bits per heavy atom. The molecular formula is C84H164O17P2. The van der Waals surface area contributed by atoms with Gasteiger partial charge in [-0.15, -0.1) is 0 Å². The Labute approximate surface area is 632 Å². The van der Waals surface area contributed by atoms with Crippen molar-refractivity contribution in [2.75, 3.05) is 39.6 Å². The van der Waals surface area contributed by atoms with Crippen LogP contribution in [0.3, 0.4) is 0 Å². The number of carbonyl (C=O) groups excluding carboxylic acids is 4. The van der Waals surface area contributed by atoms with Crippen LogP contribution in [0.25, 0.3) is 0 Å². The zero-order valence-corrected chi connectivity index (χ0v) is 69.6. The molecule has 0 saturated carbocycles. The van der Waals surface area contributed by atoms with Gasteiger partial charge in [0.15, 0.2) is 12.2 Å². The summed E-state index contributed by atoms with van der Waals surface area (Å²) in [6.45, 7) is 12.0. The second kappa shape index (κ2) is 74.2. The van der Waals surface area contributed by atoms with E-state index in [4.69, 9.17) is 37.0 Å². The molecule has 0 rings (SSSR count). The molecule has 0 bridgehead atoms. The van der Waals surface area contributed by atoms with Gasteiger partial charge in [-0.1, -0.05) is 389 Å². The second-order valence-corrected chi connectivity index (χ2v) is 34.3. The van der Waals surface area contributed by atoms with Crippen LogP contribution < -0.4 is 0 Å². The average molecular weight is 1510 g/mol. The van der Waals surface area contributed by atoms with Gasteiger partial charge >= 0.3 is 39.5 Å². The van der Waals surface area contributed by atoms with Crippen molar-refractivity contribution in [1.29, 1.82) is 0 Å². The van der Waals surface area contributed by atoms with Gasteiger partial charge in [-0.25, -0.2) is 9.13 Å². The Morgan fingerprint density at radius 3 is 0.738 bits per heavy atom. The smallest absolute Gasteiger partial charge is 0.462 e. The van der Waals surface area contributed by atoms with Crippen LogP contribution in [-0.2, 0) is 65.4 Å². The number of ether oxygens (including phenoxy) is 4. The standard InChI is InChI=1S/C84H164O17P2/c1-8-10-11-12-13-14-15-16-17-18-19-20-21-24-28-34-39-44-53-60-67-83(88)100-79(71-94-81(86)65-58-51-43-38-33-27-25-22-23-26-31-36-41-48-55-62-75(3)4)73-98-102(90,91)96-69-78(85)70-97-103(92,93)99-74-80(72-95-82(87)66-59-52-47-46-50-57-64-77(7)9-2)101-84(89)68-61-54-45-40-35-30-29-32-37-42-49-56-63-76(5)6/h75-80,85H,8-74H2,1-7H3,(H,90,91)(H,92,93)/t77?,78-,79-,80-/m1/s1. The maximum Gasteiger partial charge on any atom is 0.472 e. The van der Waals surface area contributed by atoms with Crippen LogP contribution in [0.4, 0.5) is 0 Å². The maximum atomic E-state index is 13.1. The summed E-state index contributed by atoms with van der Waals surface area (Å²) in [6, 6.07) is 0. The lowest BCUT2D eigenvalue weighted by Gasteiger charge is -2.21. The van der Waals surface area contributed by atoms with Gasteiger partial charge in [0.1, 0.15) is 19.3 Å². The van der Waals surface area contributed by atoms with Crippen LogP contribution in [0.2, 0.25) is 0 Å². The van der Waals surface area contributed by atoms with E-state index < -0.39 is 97.5 Å². The molecule has 6 atom stereocenters. The molecule has 0 amide bonds. The van der Waals surface area contributed by atoms with Crippen molar-refractivity contribution in [3.05, 3.63) is 0 Å². The van der Waals surface area contributed by atoms with Gasteiger partial charge in [0.25, 0.3) is 0 Å². The first-order valence-electron chi connectivity index (χ1n) is 43.4. The molecule has 19 heteroatoms. The molecule has 0 aromatic heterocycles. The Morgan fingerprint density at radius 1 is 0.282 bits per heavy atom. The van der Waals surface area contributed by atoms with Crippen LogP contribution in [0, 0.1) is 17.8 Å². The third-order valence-corrected chi connectivity index (χ3v) is 21.9. The zero-order valence-electron chi connectivity index (χ0n) is 67.8. The van der Waals surface area contributed by atoms with Crippen LogP contribution in [0.5, 0.6) is 0 Å². The summed E-state index contributed by atoms with van der Waals surface area (Å²) in [7, 11) is -9.93. The Hall–Kier alpha value is -1.94. The SMILES string of the molecule is CCCCCCCCCCCCCCCCCCCCCCC(=O)O[C@H](COC(=O)CCCCCCCCCCCCCCCCCC(C)C)COP(=O)(O)OC[C@@H](O)COP(=O)(O)OC[C@@H](COC(=O)CCCCCCCCC(C)CC)OC(=O)CCCCCCCCCCCCCCC(C)C. The molecule has 0 radical (unpaired) electrons. The fourth-order valence-electron chi connectivity index (χ4n) is 13.0. The molecule has 0 aliphatic carbocycles. The highest BCUT2D eigenvalue weighted by Gasteiger charge is 2.30. The van der Waals surface area contributed by atoms with Gasteiger partial charge in [-0.3, -0.25) is 37.3 Å². The Balaban J connectivity index is 5.24. The molecule has 0 aliphatic heterocycles. The highest BCUT2D eigenvalue weighted by molar-refractivity contribution is 7.47. The Bertz CT molecular complexity index is 1990. The minimum atomic E-state index is -4.96. The lowest BCUT2D eigenvalue weighted by molar-refractivity contribution is -0.161. The van der Waals surface area contributed by atoms with Gasteiger partial charge in [0.2, 0.25) is 0 Å². The van der Waals surface area contributed by atoms with Crippen LogP contribution in [-0.4, -0.2) is 96.7 Å². The number of unbranched alkanes of at least 4 members (excludes halogenated alkanes) is 49. The molecule has 3 unspecified atom stereocenters. The third-order valence-electron chi connectivity index (χ3n) is 20.0. The second-order valence-electron chi connectivity index (χ2n) is 31.4. The Kier molecular flexibility index (Phi) is 72.8. The summed E-state index contributed by atoms with van der Waals surface area (Å²) in [5.74, 6) is 0.205. The predicted octanol–water partition coefficient (Wildman–Crippen LogP) is 25.3. The maximum absolute atomic E-state index is 13.1. The van der Waals surface area contributed by atoms with Crippen molar-refractivity contribution in [2.24, 2.45) is 17.8 Å². The largest absolute Gasteiger partial charge is 0.472 e. The highest BCUT2D eigenvalue weighted by atomic mass is 31.2. The molecule has 0 fully saturated rings. The van der Waals surface area contributed by atoms with E-state index >= 15 is 0 Å². The lowest BCUT2D eigenvalue weighted by Crippen LogP contribution is -2.30. The van der Waals surface area contributed by atoms with E-state index in [0.29, 0.717) is 25.7 Å².